The second-order valence-electron chi connectivity index (χ2n) is 7.44. The molecule has 2 aliphatic rings. The number of hydrogen-bond acceptors (Lipinski definition) is 5. The number of fused-ring (bicyclic) bond motifs is 1. The van der Waals surface area contributed by atoms with Crippen LogP contribution >= 0.6 is 0 Å². The quantitative estimate of drug-likeness (QED) is 0.868. The van der Waals surface area contributed by atoms with Gasteiger partial charge in [-0.1, -0.05) is 0 Å². The normalized spacial score (nSPS) is 22.6. The lowest BCUT2D eigenvalue weighted by Gasteiger charge is -2.23. The van der Waals surface area contributed by atoms with Crippen LogP contribution in [-0.2, 0) is 4.79 Å². The standard InChI is InChI=1S/C20H21FN4O3/c21-13-3-4-16-15(8-13)18(20(23)27)19(28-16)12-5-7-24(10-12)11-17(26)25-6-1-2-14(25)9-22/h3-4,8,12,14H,1-2,5-7,10-11H2,(H2,23,27)/t12-,14-/m0/s1. The summed E-state index contributed by atoms with van der Waals surface area (Å²) >= 11 is 0. The van der Waals surface area contributed by atoms with Crippen molar-refractivity contribution in [2.75, 3.05) is 26.2 Å². The van der Waals surface area contributed by atoms with Crippen molar-refractivity contribution in [2.45, 2.75) is 31.2 Å². The Labute approximate surface area is 161 Å². The smallest absolute Gasteiger partial charge is 0.252 e. The Balaban J connectivity index is 1.51. The zero-order chi connectivity index (χ0) is 19.8. The van der Waals surface area contributed by atoms with Gasteiger partial charge in [-0.25, -0.2) is 4.39 Å². The number of nitrogens with zero attached hydrogens (tertiary/aromatic N) is 3. The van der Waals surface area contributed by atoms with Crippen molar-refractivity contribution in [1.82, 2.24) is 9.80 Å². The minimum Gasteiger partial charge on any atom is -0.460 e. The molecule has 3 heterocycles. The first kappa shape index (κ1) is 18.4. The Bertz CT molecular complexity index is 980. The van der Waals surface area contributed by atoms with Crippen molar-refractivity contribution < 1.29 is 18.4 Å². The van der Waals surface area contributed by atoms with E-state index in [-0.39, 0.29) is 30.0 Å². The van der Waals surface area contributed by atoms with Gasteiger partial charge in [-0.15, -0.1) is 0 Å². The highest BCUT2D eigenvalue weighted by Crippen LogP contribution is 2.36. The van der Waals surface area contributed by atoms with Crippen molar-refractivity contribution in [3.63, 3.8) is 0 Å². The number of furan rings is 1. The lowest BCUT2D eigenvalue weighted by atomic mass is 9.99. The highest BCUT2D eigenvalue weighted by molar-refractivity contribution is 6.06. The average molecular weight is 384 g/mol. The first-order chi connectivity index (χ1) is 13.5. The Hall–Kier alpha value is -2.92. The topological polar surface area (TPSA) is 104 Å². The molecule has 146 valence electrons. The van der Waals surface area contributed by atoms with Gasteiger partial charge in [0.2, 0.25) is 5.91 Å². The predicted octanol–water partition coefficient (Wildman–Crippen LogP) is 1.97. The molecular weight excluding hydrogens is 363 g/mol. The number of likely N-dealkylation sites (tertiary alicyclic amines) is 2. The summed E-state index contributed by atoms with van der Waals surface area (Å²) in [7, 11) is 0. The number of rotatable bonds is 4. The van der Waals surface area contributed by atoms with E-state index in [1.807, 2.05) is 4.90 Å². The van der Waals surface area contributed by atoms with E-state index < -0.39 is 11.7 Å². The van der Waals surface area contributed by atoms with Crippen LogP contribution in [0.3, 0.4) is 0 Å². The number of nitrogens with two attached hydrogens (primary N) is 1. The van der Waals surface area contributed by atoms with Crippen LogP contribution < -0.4 is 5.73 Å². The molecule has 2 saturated heterocycles. The second kappa shape index (κ2) is 7.24. The molecule has 0 aliphatic carbocycles. The summed E-state index contributed by atoms with van der Waals surface area (Å²) in [6, 6.07) is 5.88. The number of primary amides is 1. The zero-order valence-corrected chi connectivity index (χ0v) is 15.4. The molecule has 0 radical (unpaired) electrons. The van der Waals surface area contributed by atoms with Crippen LogP contribution in [0.2, 0.25) is 0 Å². The zero-order valence-electron chi connectivity index (χ0n) is 15.4. The molecule has 1 aromatic heterocycles. The Kier molecular flexibility index (Phi) is 4.77. The van der Waals surface area contributed by atoms with Crippen molar-refractivity contribution in [1.29, 1.82) is 5.26 Å². The molecule has 2 aliphatic heterocycles. The molecule has 0 bridgehead atoms. The molecule has 4 rings (SSSR count). The fourth-order valence-corrected chi connectivity index (χ4v) is 4.30. The lowest BCUT2D eigenvalue weighted by molar-refractivity contribution is -0.132. The first-order valence-electron chi connectivity index (χ1n) is 9.41. The molecule has 0 saturated carbocycles. The Morgan fingerprint density at radius 1 is 1.32 bits per heavy atom. The predicted molar refractivity (Wildman–Crippen MR) is 98.8 cm³/mol. The molecule has 2 amide bonds. The third-order valence-electron chi connectivity index (χ3n) is 5.65. The van der Waals surface area contributed by atoms with Crippen LogP contribution in [0.4, 0.5) is 4.39 Å². The third kappa shape index (κ3) is 3.22. The van der Waals surface area contributed by atoms with Crippen molar-refractivity contribution in [2.24, 2.45) is 5.73 Å². The van der Waals surface area contributed by atoms with E-state index in [9.17, 15) is 14.0 Å². The second-order valence-corrected chi connectivity index (χ2v) is 7.44. The Morgan fingerprint density at radius 3 is 2.89 bits per heavy atom. The minimum atomic E-state index is -0.650. The average Bonchev–Trinajstić information content (AvgIpc) is 3.38. The lowest BCUT2D eigenvalue weighted by Crippen LogP contribution is -2.41. The van der Waals surface area contributed by atoms with Crippen LogP contribution in [-0.4, -0.2) is 53.8 Å². The number of nitriles is 1. The molecular formula is C20H21FN4O3. The molecule has 2 N–H and O–H groups in total. The van der Waals surface area contributed by atoms with Gasteiger partial charge in [0.05, 0.1) is 18.2 Å². The van der Waals surface area contributed by atoms with E-state index in [1.165, 1.54) is 18.2 Å². The molecule has 0 spiro atoms. The van der Waals surface area contributed by atoms with Crippen molar-refractivity contribution in [3.8, 4) is 6.07 Å². The molecule has 28 heavy (non-hydrogen) atoms. The number of carbonyl (C=O) groups is 2. The summed E-state index contributed by atoms with van der Waals surface area (Å²) in [5.41, 5.74) is 6.19. The molecule has 8 heteroatoms. The van der Waals surface area contributed by atoms with Gasteiger partial charge in [0.25, 0.3) is 5.91 Å². The molecule has 2 atom stereocenters. The van der Waals surface area contributed by atoms with Crippen molar-refractivity contribution >= 4 is 22.8 Å². The van der Waals surface area contributed by atoms with Gasteiger partial charge in [-0.3, -0.25) is 14.5 Å². The maximum Gasteiger partial charge on any atom is 0.252 e. The van der Waals surface area contributed by atoms with Crippen LogP contribution in [0.25, 0.3) is 11.0 Å². The minimum absolute atomic E-state index is 0.0495. The number of halogens is 1. The van der Waals surface area contributed by atoms with Gasteiger partial charge in [0.15, 0.2) is 0 Å². The van der Waals surface area contributed by atoms with E-state index in [2.05, 4.69) is 6.07 Å². The van der Waals surface area contributed by atoms with Crippen LogP contribution in [0.5, 0.6) is 0 Å². The Morgan fingerprint density at radius 2 is 2.14 bits per heavy atom. The largest absolute Gasteiger partial charge is 0.460 e. The molecule has 2 fully saturated rings. The molecule has 1 aromatic carbocycles. The van der Waals surface area contributed by atoms with Gasteiger partial charge in [-0.05, 0) is 44.0 Å². The fourth-order valence-electron chi connectivity index (χ4n) is 4.30. The summed E-state index contributed by atoms with van der Waals surface area (Å²) in [5.74, 6) is -0.803. The number of carbonyl (C=O) groups excluding carboxylic acids is 2. The van der Waals surface area contributed by atoms with E-state index >= 15 is 0 Å². The highest BCUT2D eigenvalue weighted by atomic mass is 19.1. The van der Waals surface area contributed by atoms with Crippen molar-refractivity contribution in [3.05, 3.63) is 35.3 Å². The number of amides is 2. The summed E-state index contributed by atoms with van der Waals surface area (Å²) in [5, 5.41) is 9.55. The maximum absolute atomic E-state index is 13.6. The molecule has 0 unspecified atom stereocenters. The van der Waals surface area contributed by atoms with Gasteiger partial charge >= 0.3 is 0 Å². The van der Waals surface area contributed by atoms with E-state index in [0.29, 0.717) is 42.8 Å². The van der Waals surface area contributed by atoms with Crippen LogP contribution in [0, 0.1) is 17.1 Å². The van der Waals surface area contributed by atoms with Crippen LogP contribution in [0.1, 0.15) is 41.3 Å². The summed E-state index contributed by atoms with van der Waals surface area (Å²) in [6.45, 7) is 2.06. The highest BCUT2D eigenvalue weighted by Gasteiger charge is 2.34. The summed E-state index contributed by atoms with van der Waals surface area (Å²) in [6.07, 6.45) is 2.28. The SMILES string of the molecule is N#C[C@@H]1CCCN1C(=O)CN1CC[C@H](c2oc3ccc(F)cc3c2C(N)=O)C1. The summed E-state index contributed by atoms with van der Waals surface area (Å²) in [4.78, 5) is 28.2. The maximum atomic E-state index is 13.6. The van der Waals surface area contributed by atoms with Gasteiger partial charge < -0.3 is 15.1 Å². The molecule has 7 nitrogen and oxygen atoms in total. The summed E-state index contributed by atoms with van der Waals surface area (Å²) < 4.78 is 19.5. The first-order valence-corrected chi connectivity index (χ1v) is 9.41. The fraction of sp³-hybridized carbons (Fsp3) is 0.450. The number of hydrogen-bond donors (Lipinski definition) is 1. The number of benzene rings is 1. The van der Waals surface area contributed by atoms with E-state index in [4.69, 9.17) is 15.4 Å². The molecule has 2 aromatic rings. The monoisotopic (exact) mass is 384 g/mol. The van der Waals surface area contributed by atoms with E-state index in [1.54, 1.807) is 4.90 Å². The van der Waals surface area contributed by atoms with Gasteiger partial charge in [-0.2, -0.15) is 5.26 Å². The van der Waals surface area contributed by atoms with Crippen LogP contribution in [0.15, 0.2) is 22.6 Å². The third-order valence-corrected chi connectivity index (χ3v) is 5.65. The van der Waals surface area contributed by atoms with Gasteiger partial charge in [0.1, 0.15) is 23.2 Å². The van der Waals surface area contributed by atoms with Gasteiger partial charge in [0, 0.05) is 24.4 Å². The van der Waals surface area contributed by atoms with E-state index in [0.717, 1.165) is 12.8 Å².